The fraction of sp³-hybridized carbons (Fsp3) is 0.214. The van der Waals surface area contributed by atoms with E-state index in [0.29, 0.717) is 28.8 Å². The first kappa shape index (κ1) is 14.6. The number of aliphatic carboxylic acids is 1. The highest BCUT2D eigenvalue weighted by Gasteiger charge is 2.07. The lowest BCUT2D eigenvalue weighted by Crippen LogP contribution is -1.99. The van der Waals surface area contributed by atoms with Crippen LogP contribution < -0.4 is 9.47 Å². The van der Waals surface area contributed by atoms with E-state index in [9.17, 15) is 4.79 Å². The van der Waals surface area contributed by atoms with E-state index in [1.54, 1.807) is 25.1 Å². The SMILES string of the molecule is COc1ccc(/C=C/C(=O)O)c(OCc2noc(C)n2)c1. The second-order valence-electron chi connectivity index (χ2n) is 4.09. The van der Waals surface area contributed by atoms with Crippen LogP contribution in [0.1, 0.15) is 17.3 Å². The standard InChI is InChI=1S/C14H14N2O5/c1-9-15-13(16-21-9)8-20-12-7-11(19-2)5-3-10(12)4-6-14(17)18/h3-7H,8H2,1-2H3,(H,17,18)/b6-4+. The molecule has 0 aliphatic heterocycles. The van der Waals surface area contributed by atoms with Crippen LogP contribution in [-0.2, 0) is 11.4 Å². The maximum absolute atomic E-state index is 10.6. The van der Waals surface area contributed by atoms with Crippen LogP contribution in [0.2, 0.25) is 0 Å². The van der Waals surface area contributed by atoms with Crippen molar-refractivity contribution in [2.24, 2.45) is 0 Å². The Hall–Kier alpha value is -2.83. The molecule has 1 aromatic heterocycles. The predicted molar refractivity (Wildman–Crippen MR) is 73.0 cm³/mol. The number of nitrogens with zero attached hydrogens (tertiary/aromatic N) is 2. The lowest BCUT2D eigenvalue weighted by Gasteiger charge is -2.09. The van der Waals surface area contributed by atoms with Gasteiger partial charge in [0.05, 0.1) is 7.11 Å². The van der Waals surface area contributed by atoms with E-state index in [2.05, 4.69) is 10.1 Å². The maximum Gasteiger partial charge on any atom is 0.328 e. The first-order chi connectivity index (χ1) is 10.1. The third kappa shape index (κ3) is 4.07. The largest absolute Gasteiger partial charge is 0.497 e. The van der Waals surface area contributed by atoms with Crippen LogP contribution in [-0.4, -0.2) is 28.3 Å². The van der Waals surface area contributed by atoms with Gasteiger partial charge in [-0.2, -0.15) is 4.98 Å². The van der Waals surface area contributed by atoms with Crippen molar-refractivity contribution < 1.29 is 23.9 Å². The minimum absolute atomic E-state index is 0.110. The van der Waals surface area contributed by atoms with Crippen molar-refractivity contribution >= 4 is 12.0 Å². The summed E-state index contributed by atoms with van der Waals surface area (Å²) in [6, 6.07) is 5.08. The number of aryl methyl sites for hydroxylation is 1. The molecule has 0 aliphatic rings. The average molecular weight is 290 g/mol. The Morgan fingerprint density at radius 3 is 2.90 bits per heavy atom. The maximum atomic E-state index is 10.6. The minimum atomic E-state index is -1.04. The molecule has 0 aliphatic carbocycles. The van der Waals surface area contributed by atoms with Gasteiger partial charge in [0.25, 0.3) is 0 Å². The van der Waals surface area contributed by atoms with Gasteiger partial charge in [0.1, 0.15) is 11.5 Å². The molecule has 1 heterocycles. The molecule has 0 saturated carbocycles. The van der Waals surface area contributed by atoms with Crippen molar-refractivity contribution in [2.45, 2.75) is 13.5 Å². The fourth-order valence-electron chi connectivity index (χ4n) is 1.61. The minimum Gasteiger partial charge on any atom is -0.497 e. The molecule has 0 fully saturated rings. The normalized spacial score (nSPS) is 10.8. The molecule has 0 spiro atoms. The molecule has 110 valence electrons. The van der Waals surface area contributed by atoms with Crippen LogP contribution in [0.5, 0.6) is 11.5 Å². The van der Waals surface area contributed by atoms with Crippen molar-refractivity contribution in [3.63, 3.8) is 0 Å². The lowest BCUT2D eigenvalue weighted by atomic mass is 10.1. The summed E-state index contributed by atoms with van der Waals surface area (Å²) in [5, 5.41) is 12.4. The number of ether oxygens (including phenoxy) is 2. The molecule has 1 N–H and O–H groups in total. The van der Waals surface area contributed by atoms with Crippen LogP contribution in [0.25, 0.3) is 6.08 Å². The highest BCUT2D eigenvalue weighted by Crippen LogP contribution is 2.26. The monoisotopic (exact) mass is 290 g/mol. The van der Waals surface area contributed by atoms with Crippen molar-refractivity contribution in [1.29, 1.82) is 0 Å². The lowest BCUT2D eigenvalue weighted by molar-refractivity contribution is -0.131. The average Bonchev–Trinajstić information content (AvgIpc) is 2.88. The number of methoxy groups -OCH3 is 1. The molecule has 0 radical (unpaired) electrons. The van der Waals surface area contributed by atoms with Gasteiger partial charge in [-0.25, -0.2) is 4.79 Å². The Bertz CT molecular complexity index is 663. The number of carboxylic acid groups (broad SMARTS) is 1. The number of aromatic nitrogens is 2. The molecule has 0 atom stereocenters. The quantitative estimate of drug-likeness (QED) is 0.813. The highest BCUT2D eigenvalue weighted by molar-refractivity contribution is 5.86. The number of hydrogen-bond acceptors (Lipinski definition) is 6. The van der Waals surface area contributed by atoms with Gasteiger partial charge in [0.2, 0.25) is 11.7 Å². The van der Waals surface area contributed by atoms with E-state index in [1.807, 2.05) is 0 Å². The molecular weight excluding hydrogens is 276 g/mol. The van der Waals surface area contributed by atoms with Gasteiger partial charge >= 0.3 is 5.97 Å². The van der Waals surface area contributed by atoms with Gasteiger partial charge in [0, 0.05) is 24.6 Å². The summed E-state index contributed by atoms with van der Waals surface area (Å²) in [5.74, 6) is 0.885. The second kappa shape index (κ2) is 6.56. The molecule has 0 unspecified atom stereocenters. The van der Waals surface area contributed by atoms with E-state index in [0.717, 1.165) is 6.08 Å². The van der Waals surface area contributed by atoms with Crippen molar-refractivity contribution in [2.75, 3.05) is 7.11 Å². The predicted octanol–water partition coefficient (Wildman–Crippen LogP) is 2.06. The Morgan fingerprint density at radius 1 is 1.48 bits per heavy atom. The molecule has 0 bridgehead atoms. The van der Waals surface area contributed by atoms with E-state index >= 15 is 0 Å². The third-order valence-corrected chi connectivity index (χ3v) is 2.55. The molecular formula is C14H14N2O5. The van der Waals surface area contributed by atoms with E-state index in [-0.39, 0.29) is 6.61 Å². The zero-order chi connectivity index (χ0) is 15.2. The van der Waals surface area contributed by atoms with Crippen molar-refractivity contribution in [3.8, 4) is 11.5 Å². The molecule has 0 amide bonds. The number of rotatable bonds is 6. The Morgan fingerprint density at radius 2 is 2.29 bits per heavy atom. The van der Waals surface area contributed by atoms with E-state index in [4.69, 9.17) is 19.1 Å². The van der Waals surface area contributed by atoms with Gasteiger partial charge in [0.15, 0.2) is 6.61 Å². The number of carbonyl (C=O) groups is 1. The Balaban J connectivity index is 2.19. The molecule has 7 nitrogen and oxygen atoms in total. The highest BCUT2D eigenvalue weighted by atomic mass is 16.5. The van der Waals surface area contributed by atoms with Gasteiger partial charge in [-0.05, 0) is 18.2 Å². The smallest absolute Gasteiger partial charge is 0.328 e. The van der Waals surface area contributed by atoms with Crippen LogP contribution in [0.3, 0.4) is 0 Å². The number of hydrogen-bond donors (Lipinski definition) is 1. The summed E-state index contributed by atoms with van der Waals surface area (Å²) >= 11 is 0. The summed E-state index contributed by atoms with van der Waals surface area (Å²) in [6.07, 6.45) is 2.48. The van der Waals surface area contributed by atoms with Gasteiger partial charge in [-0.3, -0.25) is 0 Å². The molecule has 7 heteroatoms. The first-order valence-corrected chi connectivity index (χ1v) is 6.09. The van der Waals surface area contributed by atoms with Crippen molar-refractivity contribution in [1.82, 2.24) is 10.1 Å². The summed E-state index contributed by atoms with van der Waals surface area (Å²) in [6.45, 7) is 1.79. The molecule has 1 aromatic carbocycles. The summed E-state index contributed by atoms with van der Waals surface area (Å²) < 4.78 is 15.6. The van der Waals surface area contributed by atoms with Crippen molar-refractivity contribution in [3.05, 3.63) is 41.6 Å². The van der Waals surface area contributed by atoms with Gasteiger partial charge < -0.3 is 19.1 Å². The summed E-state index contributed by atoms with van der Waals surface area (Å²) in [4.78, 5) is 14.6. The first-order valence-electron chi connectivity index (χ1n) is 6.09. The topological polar surface area (TPSA) is 94.7 Å². The van der Waals surface area contributed by atoms with Gasteiger partial charge in [-0.1, -0.05) is 5.16 Å². The van der Waals surface area contributed by atoms with Crippen LogP contribution in [0.15, 0.2) is 28.8 Å². The Labute approximate surface area is 120 Å². The summed E-state index contributed by atoms with van der Waals surface area (Å²) in [5.41, 5.74) is 0.610. The third-order valence-electron chi connectivity index (χ3n) is 2.55. The van der Waals surface area contributed by atoms with Crippen LogP contribution >= 0.6 is 0 Å². The zero-order valence-electron chi connectivity index (χ0n) is 11.6. The molecule has 21 heavy (non-hydrogen) atoms. The van der Waals surface area contributed by atoms with E-state index in [1.165, 1.54) is 13.2 Å². The van der Waals surface area contributed by atoms with Crippen LogP contribution in [0.4, 0.5) is 0 Å². The molecule has 0 saturated heterocycles. The molecule has 2 rings (SSSR count). The summed E-state index contributed by atoms with van der Waals surface area (Å²) in [7, 11) is 1.54. The van der Waals surface area contributed by atoms with Gasteiger partial charge in [-0.15, -0.1) is 0 Å². The second-order valence-corrected chi connectivity index (χ2v) is 4.09. The number of carboxylic acids is 1. The molecule has 2 aromatic rings. The fourth-order valence-corrected chi connectivity index (χ4v) is 1.61. The Kier molecular flexibility index (Phi) is 4.55. The van der Waals surface area contributed by atoms with E-state index < -0.39 is 5.97 Å². The zero-order valence-corrected chi connectivity index (χ0v) is 11.6. The number of benzene rings is 1. The van der Waals surface area contributed by atoms with Crippen LogP contribution in [0, 0.1) is 6.92 Å².